The predicted molar refractivity (Wildman–Crippen MR) is 118 cm³/mol. The van der Waals surface area contributed by atoms with Gasteiger partial charge in [0.2, 0.25) is 0 Å². The fourth-order valence-electron chi connectivity index (χ4n) is 2.50. The van der Waals surface area contributed by atoms with Gasteiger partial charge < -0.3 is 9.46 Å². The Labute approximate surface area is 179 Å². The number of anilines is 2. The maximum atomic E-state index is 13.4. The lowest BCUT2D eigenvalue weighted by molar-refractivity contribution is 0.121. The van der Waals surface area contributed by atoms with Crippen molar-refractivity contribution in [1.29, 1.82) is 0 Å². The third kappa shape index (κ3) is 5.93. The number of halogens is 1. The van der Waals surface area contributed by atoms with Crippen molar-refractivity contribution in [2.45, 2.75) is 26.9 Å². The molecule has 1 amide bonds. The van der Waals surface area contributed by atoms with Gasteiger partial charge in [-0.3, -0.25) is 10.00 Å². The molecule has 0 aliphatic heterocycles. The number of nitrogens with zero attached hydrogens (tertiary/aromatic N) is 4. The molecule has 1 aromatic carbocycles. The molecule has 0 radical (unpaired) electrons. The number of hydrogen-bond donors (Lipinski definition) is 2. The fraction of sp³-hybridized carbons (Fsp3) is 0.300. The van der Waals surface area contributed by atoms with E-state index < -0.39 is 12.2 Å². The first kappa shape index (κ1) is 23.1. The number of nitrogens with one attached hydrogen (secondary N) is 2. The van der Waals surface area contributed by atoms with Gasteiger partial charge in [0.25, 0.3) is 0 Å². The van der Waals surface area contributed by atoms with Crippen LogP contribution in [0.2, 0.25) is 0 Å². The Hall–Kier alpha value is -3.14. The average Bonchev–Trinajstić information content (AvgIpc) is 3.10. The van der Waals surface area contributed by atoms with Crippen LogP contribution in [0.4, 0.5) is 20.7 Å². The van der Waals surface area contributed by atoms with Gasteiger partial charge in [-0.1, -0.05) is 37.9 Å². The number of ether oxygens (including phenoxy) is 1. The Morgan fingerprint density at radius 2 is 1.93 bits per heavy atom. The van der Waals surface area contributed by atoms with Crippen LogP contribution in [0.3, 0.4) is 0 Å². The number of hydrogen-bond acceptors (Lipinski definition) is 7. The van der Waals surface area contributed by atoms with Gasteiger partial charge in [0.1, 0.15) is 17.7 Å². The monoisotopic (exact) mass is 432 g/mol. The first-order valence-electron chi connectivity index (χ1n) is 9.34. The zero-order chi connectivity index (χ0) is 22.1. The third-order valence-corrected chi connectivity index (χ3v) is 4.31. The summed E-state index contributed by atoms with van der Waals surface area (Å²) in [5, 5.41) is 6.81. The van der Waals surface area contributed by atoms with Gasteiger partial charge in [-0.2, -0.15) is 5.10 Å². The van der Waals surface area contributed by atoms with Crippen LogP contribution in [-0.2, 0) is 11.8 Å². The SMILES string of the molecule is CC.CSNc1cnc(-c2cnn(C)c2NC(=O)OC(C)c2cccc(F)c2)nc1. The van der Waals surface area contributed by atoms with Crippen molar-refractivity contribution in [3.8, 4) is 11.4 Å². The molecular formula is C20H25FN6O2S. The molecule has 1 atom stereocenters. The largest absolute Gasteiger partial charge is 0.441 e. The topological polar surface area (TPSA) is 94.0 Å². The van der Waals surface area contributed by atoms with Crippen LogP contribution in [0, 0.1) is 5.82 Å². The van der Waals surface area contributed by atoms with Gasteiger partial charge >= 0.3 is 6.09 Å². The number of carbonyl (C=O) groups excluding carboxylic acids is 1. The molecule has 1 unspecified atom stereocenters. The van der Waals surface area contributed by atoms with Crippen LogP contribution >= 0.6 is 11.9 Å². The van der Waals surface area contributed by atoms with Crippen LogP contribution in [0.15, 0.2) is 42.9 Å². The van der Waals surface area contributed by atoms with Crippen molar-refractivity contribution in [2.24, 2.45) is 7.05 Å². The average molecular weight is 433 g/mol. The minimum absolute atomic E-state index is 0.390. The highest BCUT2D eigenvalue weighted by Gasteiger charge is 2.18. The Morgan fingerprint density at radius 3 is 2.57 bits per heavy atom. The van der Waals surface area contributed by atoms with E-state index in [0.717, 1.165) is 5.69 Å². The highest BCUT2D eigenvalue weighted by atomic mass is 32.2. The van der Waals surface area contributed by atoms with Gasteiger partial charge in [0, 0.05) is 13.3 Å². The molecule has 0 bridgehead atoms. The molecule has 0 spiro atoms. The molecule has 0 fully saturated rings. The Kier molecular flexibility index (Phi) is 8.60. The van der Waals surface area contributed by atoms with E-state index >= 15 is 0 Å². The molecule has 2 heterocycles. The molecular weight excluding hydrogens is 407 g/mol. The minimum Gasteiger partial charge on any atom is -0.441 e. The minimum atomic E-state index is -0.692. The van der Waals surface area contributed by atoms with Gasteiger partial charge in [0.05, 0.1) is 29.8 Å². The number of aromatic nitrogens is 4. The number of amides is 1. The van der Waals surface area contributed by atoms with Gasteiger partial charge in [0.15, 0.2) is 5.82 Å². The summed E-state index contributed by atoms with van der Waals surface area (Å²) in [6, 6.07) is 5.91. The maximum absolute atomic E-state index is 13.4. The van der Waals surface area contributed by atoms with Crippen LogP contribution in [0.5, 0.6) is 0 Å². The van der Waals surface area contributed by atoms with Crippen molar-refractivity contribution in [3.63, 3.8) is 0 Å². The lowest BCUT2D eigenvalue weighted by atomic mass is 10.1. The summed E-state index contributed by atoms with van der Waals surface area (Å²) in [5.74, 6) is 0.411. The van der Waals surface area contributed by atoms with Crippen molar-refractivity contribution < 1.29 is 13.9 Å². The smallest absolute Gasteiger partial charge is 0.413 e. The summed E-state index contributed by atoms with van der Waals surface area (Å²) in [6.07, 6.45) is 5.42. The van der Waals surface area contributed by atoms with E-state index in [0.29, 0.717) is 22.8 Å². The van der Waals surface area contributed by atoms with E-state index in [2.05, 4.69) is 25.1 Å². The van der Waals surface area contributed by atoms with E-state index in [1.807, 2.05) is 20.1 Å². The van der Waals surface area contributed by atoms with Gasteiger partial charge in [-0.25, -0.2) is 19.2 Å². The van der Waals surface area contributed by atoms with E-state index in [1.165, 1.54) is 28.8 Å². The van der Waals surface area contributed by atoms with E-state index in [-0.39, 0.29) is 5.82 Å². The summed E-state index contributed by atoms with van der Waals surface area (Å²) in [7, 11) is 1.68. The highest BCUT2D eigenvalue weighted by molar-refractivity contribution is 7.99. The number of carbonyl (C=O) groups is 1. The Morgan fingerprint density at radius 1 is 1.23 bits per heavy atom. The summed E-state index contributed by atoms with van der Waals surface area (Å²) in [4.78, 5) is 20.9. The lowest BCUT2D eigenvalue weighted by Gasteiger charge is -2.15. The molecule has 10 heteroatoms. The maximum Gasteiger partial charge on any atom is 0.413 e. The van der Waals surface area contributed by atoms with Crippen LogP contribution < -0.4 is 10.0 Å². The van der Waals surface area contributed by atoms with Gasteiger partial charge in [-0.15, -0.1) is 0 Å². The molecule has 160 valence electrons. The second-order valence-corrected chi connectivity index (χ2v) is 6.47. The molecule has 2 N–H and O–H groups in total. The molecule has 30 heavy (non-hydrogen) atoms. The second-order valence-electron chi connectivity index (χ2n) is 5.86. The highest BCUT2D eigenvalue weighted by Crippen LogP contribution is 2.26. The van der Waals surface area contributed by atoms with Crippen LogP contribution in [0.1, 0.15) is 32.4 Å². The zero-order valence-corrected chi connectivity index (χ0v) is 18.3. The van der Waals surface area contributed by atoms with E-state index in [9.17, 15) is 9.18 Å². The van der Waals surface area contributed by atoms with Crippen molar-refractivity contribution in [2.75, 3.05) is 16.3 Å². The van der Waals surface area contributed by atoms with Crippen molar-refractivity contribution >= 4 is 29.5 Å². The van der Waals surface area contributed by atoms with Crippen molar-refractivity contribution in [3.05, 3.63) is 54.2 Å². The van der Waals surface area contributed by atoms with Crippen molar-refractivity contribution in [1.82, 2.24) is 19.7 Å². The van der Waals surface area contributed by atoms with E-state index in [1.54, 1.807) is 44.7 Å². The van der Waals surface area contributed by atoms with Crippen LogP contribution in [-0.4, -0.2) is 32.1 Å². The summed E-state index contributed by atoms with van der Waals surface area (Å²) in [5.41, 5.74) is 1.87. The van der Waals surface area contributed by atoms with E-state index in [4.69, 9.17) is 4.74 Å². The number of aryl methyl sites for hydroxylation is 1. The molecule has 8 nitrogen and oxygen atoms in total. The number of benzene rings is 1. The Balaban J connectivity index is 0.00000155. The normalized spacial score (nSPS) is 11.1. The summed E-state index contributed by atoms with van der Waals surface area (Å²) >= 11 is 1.43. The standard InChI is InChI=1S/C18H19FN6O2S.C2H6/c1-11(12-5-4-6-13(19)7-12)27-18(26)23-17-15(10-22-25(17)2)16-20-8-14(9-21-16)24-28-3;1-2/h4-11,24H,1-3H3,(H,23,26);1-2H3. The first-order chi connectivity index (χ1) is 14.5. The molecule has 0 saturated carbocycles. The van der Waals surface area contributed by atoms with Crippen LogP contribution in [0.25, 0.3) is 11.4 Å². The second kappa shape index (κ2) is 11.1. The summed E-state index contributed by atoms with van der Waals surface area (Å²) in [6.45, 7) is 5.67. The molecule has 3 aromatic rings. The van der Waals surface area contributed by atoms with Gasteiger partial charge in [-0.05, 0) is 24.6 Å². The molecule has 0 aliphatic carbocycles. The predicted octanol–water partition coefficient (Wildman–Crippen LogP) is 5.04. The molecule has 2 aromatic heterocycles. The quantitative estimate of drug-likeness (QED) is 0.527. The summed E-state index contributed by atoms with van der Waals surface area (Å²) < 4.78 is 23.2. The molecule has 3 rings (SSSR count). The lowest BCUT2D eigenvalue weighted by Crippen LogP contribution is -2.18. The fourth-order valence-corrected chi connectivity index (χ4v) is 2.84. The number of rotatable bonds is 6. The molecule has 0 aliphatic rings. The molecule has 0 saturated heterocycles. The zero-order valence-electron chi connectivity index (χ0n) is 17.5. The third-order valence-electron chi connectivity index (χ3n) is 3.87. The Bertz CT molecular complexity index is 964. The first-order valence-corrected chi connectivity index (χ1v) is 10.6.